The molecular weight excluding hydrogens is 436 g/mol. The monoisotopic (exact) mass is 468 g/mol. The van der Waals surface area contributed by atoms with Crippen LogP contribution in [-0.4, -0.2) is 51.2 Å². The lowest BCUT2D eigenvalue weighted by Gasteiger charge is -2.44. The molecule has 3 aliphatic rings. The number of sulfonamides is 1. The number of rotatable bonds is 5. The molecule has 1 saturated heterocycles. The van der Waals surface area contributed by atoms with Gasteiger partial charge in [-0.15, -0.1) is 0 Å². The van der Waals surface area contributed by atoms with Gasteiger partial charge in [0, 0.05) is 31.3 Å². The first-order chi connectivity index (χ1) is 16.0. The molecule has 0 saturated carbocycles. The molecule has 0 unspecified atom stereocenters. The fourth-order valence-electron chi connectivity index (χ4n) is 5.88. The van der Waals surface area contributed by atoms with Crippen molar-refractivity contribution in [1.29, 1.82) is 0 Å². The van der Waals surface area contributed by atoms with Crippen molar-refractivity contribution < 1.29 is 18.3 Å². The minimum absolute atomic E-state index is 0.00292. The van der Waals surface area contributed by atoms with Gasteiger partial charge in [0.25, 0.3) is 0 Å². The van der Waals surface area contributed by atoms with E-state index in [9.17, 15) is 13.5 Å². The summed E-state index contributed by atoms with van der Waals surface area (Å²) in [6.45, 7) is 0.433. The number of anilines is 1. The Bertz CT molecular complexity index is 1180. The van der Waals surface area contributed by atoms with Crippen molar-refractivity contribution in [3.05, 3.63) is 59.7 Å². The van der Waals surface area contributed by atoms with Gasteiger partial charge < -0.3 is 14.7 Å². The number of hydrogen-bond donors (Lipinski definition) is 1. The van der Waals surface area contributed by atoms with Crippen molar-refractivity contribution in [2.24, 2.45) is 5.92 Å². The second kappa shape index (κ2) is 8.78. The zero-order valence-electron chi connectivity index (χ0n) is 19.3. The van der Waals surface area contributed by atoms with E-state index < -0.39 is 10.0 Å². The van der Waals surface area contributed by atoms with Gasteiger partial charge in [-0.3, -0.25) is 0 Å². The maximum atomic E-state index is 13.8. The molecule has 2 aromatic rings. The molecule has 0 radical (unpaired) electrons. The first-order valence-electron chi connectivity index (χ1n) is 11.8. The number of allylic oxidation sites excluding steroid dienone is 2. The third-order valence-corrected chi connectivity index (χ3v) is 9.49. The van der Waals surface area contributed by atoms with Crippen molar-refractivity contribution in [2.45, 2.75) is 49.1 Å². The molecule has 33 heavy (non-hydrogen) atoms. The number of nitrogens with zero attached hydrogens (tertiary/aromatic N) is 2. The van der Waals surface area contributed by atoms with E-state index in [0.717, 1.165) is 30.5 Å². The lowest BCUT2D eigenvalue weighted by molar-refractivity contribution is 0.193. The Morgan fingerprint density at radius 1 is 1.15 bits per heavy atom. The van der Waals surface area contributed by atoms with Crippen LogP contribution >= 0.6 is 0 Å². The normalized spacial score (nSPS) is 25.4. The molecule has 2 aliphatic heterocycles. The summed E-state index contributed by atoms with van der Waals surface area (Å²) in [5.74, 6) is 0.554. The van der Waals surface area contributed by atoms with Crippen molar-refractivity contribution in [1.82, 2.24) is 4.31 Å². The molecule has 5 rings (SSSR count). The largest absolute Gasteiger partial charge is 0.497 e. The molecule has 1 N–H and O–H groups in total. The molecule has 176 valence electrons. The van der Waals surface area contributed by atoms with Gasteiger partial charge in [-0.2, -0.15) is 4.31 Å². The molecule has 2 aromatic carbocycles. The van der Waals surface area contributed by atoms with Crippen LogP contribution in [0.5, 0.6) is 5.75 Å². The number of aliphatic hydroxyl groups is 1. The zero-order valence-corrected chi connectivity index (χ0v) is 20.1. The van der Waals surface area contributed by atoms with Gasteiger partial charge in [0.15, 0.2) is 0 Å². The predicted molar refractivity (Wildman–Crippen MR) is 130 cm³/mol. The maximum absolute atomic E-state index is 13.8. The van der Waals surface area contributed by atoms with E-state index in [1.54, 1.807) is 28.6 Å². The van der Waals surface area contributed by atoms with Gasteiger partial charge in [0.05, 0.1) is 30.7 Å². The van der Waals surface area contributed by atoms with Gasteiger partial charge in [0.1, 0.15) is 5.75 Å². The molecule has 0 bridgehead atoms. The van der Waals surface area contributed by atoms with Crippen LogP contribution in [0.25, 0.3) is 5.57 Å². The smallest absolute Gasteiger partial charge is 0.243 e. The van der Waals surface area contributed by atoms with Gasteiger partial charge >= 0.3 is 0 Å². The number of likely N-dealkylation sites (N-methyl/N-ethyl adjacent to an activating group) is 1. The molecule has 1 fully saturated rings. The lowest BCUT2D eigenvalue weighted by Crippen LogP contribution is -2.48. The number of aliphatic hydroxyl groups excluding tert-OH is 1. The Morgan fingerprint density at radius 2 is 2.00 bits per heavy atom. The van der Waals surface area contributed by atoms with Crippen LogP contribution < -0.4 is 9.64 Å². The topological polar surface area (TPSA) is 70.1 Å². The van der Waals surface area contributed by atoms with E-state index in [0.29, 0.717) is 12.3 Å². The zero-order chi connectivity index (χ0) is 23.2. The fourth-order valence-corrected chi connectivity index (χ4v) is 7.58. The van der Waals surface area contributed by atoms with E-state index in [1.807, 2.05) is 7.05 Å². The average molecular weight is 469 g/mol. The summed E-state index contributed by atoms with van der Waals surface area (Å²) in [6, 6.07) is 12.7. The van der Waals surface area contributed by atoms with Crippen molar-refractivity contribution in [3.63, 3.8) is 0 Å². The Morgan fingerprint density at radius 3 is 2.73 bits per heavy atom. The van der Waals surface area contributed by atoms with E-state index in [2.05, 4.69) is 29.2 Å². The van der Waals surface area contributed by atoms with Gasteiger partial charge in [0.2, 0.25) is 10.0 Å². The van der Waals surface area contributed by atoms with Crippen molar-refractivity contribution in [3.8, 4) is 5.75 Å². The molecule has 0 spiro atoms. The maximum Gasteiger partial charge on any atom is 0.243 e. The Kier molecular flexibility index (Phi) is 5.97. The highest BCUT2D eigenvalue weighted by Gasteiger charge is 2.50. The number of ether oxygens (including phenoxy) is 1. The Labute approximate surface area is 196 Å². The van der Waals surface area contributed by atoms with E-state index in [1.165, 1.54) is 31.1 Å². The van der Waals surface area contributed by atoms with Crippen LogP contribution in [0.1, 0.15) is 49.3 Å². The van der Waals surface area contributed by atoms with Crippen molar-refractivity contribution in [2.75, 3.05) is 32.2 Å². The first kappa shape index (κ1) is 22.4. The second-order valence-electron chi connectivity index (χ2n) is 9.30. The van der Waals surface area contributed by atoms with Crippen LogP contribution in [0.15, 0.2) is 53.4 Å². The van der Waals surface area contributed by atoms with Crippen LogP contribution in [0.2, 0.25) is 0 Å². The SMILES string of the molecule is COc1cccc(S(=O)(=O)N2CC[C@H]3[C@@H](CO)N(C)c4ccc(C5=CCCCC5)cc4[C@H]32)c1. The highest BCUT2D eigenvalue weighted by atomic mass is 32.2. The van der Waals surface area contributed by atoms with Crippen LogP contribution in [0, 0.1) is 5.92 Å². The van der Waals surface area contributed by atoms with Gasteiger partial charge in [-0.1, -0.05) is 18.2 Å². The summed E-state index contributed by atoms with van der Waals surface area (Å²) in [4.78, 5) is 2.38. The first-order valence-corrected chi connectivity index (χ1v) is 13.2. The third-order valence-electron chi connectivity index (χ3n) is 7.61. The summed E-state index contributed by atoms with van der Waals surface area (Å²) in [7, 11) is -0.184. The number of hydrogen-bond acceptors (Lipinski definition) is 5. The molecule has 6 nitrogen and oxygen atoms in total. The van der Waals surface area contributed by atoms with Gasteiger partial charge in [-0.05, 0) is 73.1 Å². The summed E-state index contributed by atoms with van der Waals surface area (Å²) >= 11 is 0. The Balaban J connectivity index is 1.61. The van der Waals surface area contributed by atoms with Crippen molar-refractivity contribution >= 4 is 21.3 Å². The summed E-state index contributed by atoms with van der Waals surface area (Å²) in [5.41, 5.74) is 4.59. The number of benzene rings is 2. The quantitative estimate of drug-likeness (QED) is 0.712. The third kappa shape index (κ3) is 3.76. The molecule has 0 aromatic heterocycles. The van der Waals surface area contributed by atoms with Crippen LogP contribution in [0.4, 0.5) is 5.69 Å². The highest BCUT2D eigenvalue weighted by Crippen LogP contribution is 2.51. The second-order valence-corrected chi connectivity index (χ2v) is 11.2. The average Bonchev–Trinajstić information content (AvgIpc) is 3.31. The molecule has 0 amide bonds. The summed E-state index contributed by atoms with van der Waals surface area (Å²) < 4.78 is 34.6. The van der Waals surface area contributed by atoms with Crippen LogP contribution in [0.3, 0.4) is 0 Å². The number of fused-ring (bicyclic) bond motifs is 3. The minimum Gasteiger partial charge on any atom is -0.497 e. The summed E-state index contributed by atoms with van der Waals surface area (Å²) in [5, 5.41) is 10.2. The summed E-state index contributed by atoms with van der Waals surface area (Å²) in [6.07, 6.45) is 7.63. The molecule has 1 aliphatic carbocycles. The molecular formula is C26H32N2O4S. The van der Waals surface area contributed by atoms with E-state index in [4.69, 9.17) is 4.74 Å². The highest BCUT2D eigenvalue weighted by molar-refractivity contribution is 7.89. The molecule has 2 heterocycles. The van der Waals surface area contributed by atoms with Crippen LogP contribution in [-0.2, 0) is 10.0 Å². The van der Waals surface area contributed by atoms with Gasteiger partial charge in [-0.25, -0.2) is 8.42 Å². The minimum atomic E-state index is -3.73. The fraction of sp³-hybridized carbons (Fsp3) is 0.462. The predicted octanol–water partition coefficient (Wildman–Crippen LogP) is 4.22. The van der Waals surface area contributed by atoms with E-state index >= 15 is 0 Å². The molecule has 7 heteroatoms. The lowest BCUT2D eigenvalue weighted by atomic mass is 9.81. The number of methoxy groups -OCH3 is 1. The Hall–Kier alpha value is -2.35. The standard InChI is InChI=1S/C26H32N2O4S/c1-27-24-12-11-19(18-7-4-3-5-8-18)15-23(24)26-22(25(27)17-29)13-14-28(26)33(30,31)21-10-6-9-20(16-21)32-2/h6-7,9-12,15-16,22,25-26,29H,3-5,8,13-14,17H2,1-2H3/t22-,25+,26-/m0/s1. The van der Waals surface area contributed by atoms with E-state index in [-0.39, 0.29) is 29.5 Å². The molecule has 3 atom stereocenters.